The molecule has 0 amide bonds. The fourth-order valence-electron chi connectivity index (χ4n) is 2.49. The SMILES string of the molecule is CCn1nnc2c(N(Cc3ccccc3)C(C)C)ncnc21. The van der Waals surface area contributed by atoms with E-state index in [9.17, 15) is 0 Å². The van der Waals surface area contributed by atoms with Gasteiger partial charge in [0.05, 0.1) is 0 Å². The summed E-state index contributed by atoms with van der Waals surface area (Å²) >= 11 is 0. The van der Waals surface area contributed by atoms with E-state index in [1.54, 1.807) is 11.0 Å². The largest absolute Gasteiger partial charge is 0.348 e. The lowest BCUT2D eigenvalue weighted by Crippen LogP contribution is -2.31. The molecule has 0 unspecified atom stereocenters. The minimum atomic E-state index is 0.296. The van der Waals surface area contributed by atoms with Gasteiger partial charge in [-0.15, -0.1) is 5.10 Å². The molecule has 0 radical (unpaired) electrons. The van der Waals surface area contributed by atoms with Crippen molar-refractivity contribution in [3.8, 4) is 0 Å². The Bertz CT molecular complexity index is 750. The third-order valence-corrected chi connectivity index (χ3v) is 3.67. The van der Waals surface area contributed by atoms with Gasteiger partial charge in [-0.05, 0) is 26.3 Å². The first-order chi connectivity index (χ1) is 10.7. The van der Waals surface area contributed by atoms with Gasteiger partial charge in [0, 0.05) is 19.1 Å². The smallest absolute Gasteiger partial charge is 0.183 e. The van der Waals surface area contributed by atoms with Gasteiger partial charge < -0.3 is 4.90 Å². The first-order valence-electron chi connectivity index (χ1n) is 7.55. The molecule has 0 bridgehead atoms. The quantitative estimate of drug-likeness (QED) is 0.724. The summed E-state index contributed by atoms with van der Waals surface area (Å²) < 4.78 is 1.79. The van der Waals surface area contributed by atoms with Gasteiger partial charge in [-0.3, -0.25) is 0 Å². The van der Waals surface area contributed by atoms with E-state index in [0.717, 1.165) is 30.1 Å². The van der Waals surface area contributed by atoms with Crippen molar-refractivity contribution in [2.45, 2.75) is 39.9 Å². The number of hydrogen-bond acceptors (Lipinski definition) is 5. The topological polar surface area (TPSA) is 59.7 Å². The second-order valence-electron chi connectivity index (χ2n) is 5.48. The lowest BCUT2D eigenvalue weighted by atomic mass is 10.2. The Labute approximate surface area is 129 Å². The molecule has 3 aromatic rings. The molecule has 0 fully saturated rings. The minimum absolute atomic E-state index is 0.296. The lowest BCUT2D eigenvalue weighted by Gasteiger charge is -2.27. The summed E-state index contributed by atoms with van der Waals surface area (Å²) in [6, 6.07) is 10.7. The van der Waals surface area contributed by atoms with Crippen molar-refractivity contribution in [3.05, 3.63) is 42.2 Å². The van der Waals surface area contributed by atoms with E-state index >= 15 is 0 Å². The molecule has 0 aliphatic heterocycles. The number of aryl methyl sites for hydroxylation is 1. The van der Waals surface area contributed by atoms with Crippen molar-refractivity contribution in [3.63, 3.8) is 0 Å². The van der Waals surface area contributed by atoms with Gasteiger partial charge in [0.2, 0.25) is 0 Å². The fraction of sp³-hybridized carbons (Fsp3) is 0.375. The molecule has 22 heavy (non-hydrogen) atoms. The Kier molecular flexibility index (Phi) is 4.00. The highest BCUT2D eigenvalue weighted by Gasteiger charge is 2.19. The van der Waals surface area contributed by atoms with Crippen LogP contribution in [0.2, 0.25) is 0 Å². The molecule has 0 aliphatic carbocycles. The highest BCUT2D eigenvalue weighted by molar-refractivity contribution is 5.82. The van der Waals surface area contributed by atoms with E-state index in [1.807, 2.05) is 13.0 Å². The molecule has 0 aliphatic rings. The average Bonchev–Trinajstić information content (AvgIpc) is 2.96. The van der Waals surface area contributed by atoms with Crippen LogP contribution in [0, 0.1) is 0 Å². The normalized spacial score (nSPS) is 11.3. The molecule has 6 heteroatoms. The zero-order valence-corrected chi connectivity index (χ0v) is 13.1. The highest BCUT2D eigenvalue weighted by Crippen LogP contribution is 2.24. The Balaban J connectivity index is 2.03. The molecule has 0 spiro atoms. The molecule has 3 rings (SSSR count). The minimum Gasteiger partial charge on any atom is -0.348 e. The standard InChI is InChI=1S/C16H20N6/c1-4-22-16-14(19-20-22)15(17-11-18-16)21(12(2)3)10-13-8-6-5-7-9-13/h5-9,11-12H,4,10H2,1-3H3. The number of rotatable bonds is 5. The Morgan fingerprint density at radius 1 is 1.14 bits per heavy atom. The first kappa shape index (κ1) is 14.4. The van der Waals surface area contributed by atoms with Gasteiger partial charge in [0.15, 0.2) is 17.0 Å². The third kappa shape index (κ3) is 2.64. The Morgan fingerprint density at radius 3 is 2.59 bits per heavy atom. The number of hydrogen-bond donors (Lipinski definition) is 0. The second-order valence-corrected chi connectivity index (χ2v) is 5.48. The molecule has 0 saturated heterocycles. The maximum Gasteiger partial charge on any atom is 0.183 e. The van der Waals surface area contributed by atoms with Crippen LogP contribution in [-0.2, 0) is 13.1 Å². The van der Waals surface area contributed by atoms with Crippen molar-refractivity contribution in [1.29, 1.82) is 0 Å². The molecule has 1 aromatic carbocycles. The molecular formula is C16H20N6. The zero-order valence-electron chi connectivity index (χ0n) is 13.1. The number of aromatic nitrogens is 5. The van der Waals surface area contributed by atoms with Crippen LogP contribution in [0.15, 0.2) is 36.7 Å². The Morgan fingerprint density at radius 2 is 1.91 bits per heavy atom. The highest BCUT2D eigenvalue weighted by atomic mass is 15.4. The maximum atomic E-state index is 4.47. The van der Waals surface area contributed by atoms with Gasteiger partial charge in [-0.25, -0.2) is 14.6 Å². The summed E-state index contributed by atoms with van der Waals surface area (Å²) in [5.74, 6) is 0.837. The van der Waals surface area contributed by atoms with Crippen LogP contribution < -0.4 is 4.90 Å². The first-order valence-corrected chi connectivity index (χ1v) is 7.55. The van der Waals surface area contributed by atoms with Gasteiger partial charge in [0.25, 0.3) is 0 Å². The summed E-state index contributed by atoms with van der Waals surface area (Å²) in [5.41, 5.74) is 2.78. The van der Waals surface area contributed by atoms with Crippen molar-refractivity contribution < 1.29 is 0 Å². The predicted octanol–water partition coefficient (Wildman–Crippen LogP) is 2.66. The summed E-state index contributed by atoms with van der Waals surface area (Å²) in [7, 11) is 0. The number of anilines is 1. The second kappa shape index (κ2) is 6.09. The van der Waals surface area contributed by atoms with Crippen molar-refractivity contribution >= 4 is 17.0 Å². The molecular weight excluding hydrogens is 276 g/mol. The van der Waals surface area contributed by atoms with Crippen LogP contribution in [0.25, 0.3) is 11.2 Å². The summed E-state index contributed by atoms with van der Waals surface area (Å²) in [4.78, 5) is 11.0. The van der Waals surface area contributed by atoms with Crippen molar-refractivity contribution in [2.75, 3.05) is 4.90 Å². The van der Waals surface area contributed by atoms with Gasteiger partial charge in [-0.1, -0.05) is 35.5 Å². The van der Waals surface area contributed by atoms with Crippen molar-refractivity contribution in [1.82, 2.24) is 25.0 Å². The third-order valence-electron chi connectivity index (χ3n) is 3.67. The van der Waals surface area contributed by atoms with E-state index in [1.165, 1.54) is 5.56 Å². The summed E-state index contributed by atoms with van der Waals surface area (Å²) in [6.45, 7) is 7.86. The molecule has 0 atom stereocenters. The van der Waals surface area contributed by atoms with E-state index in [0.29, 0.717) is 6.04 Å². The lowest BCUT2D eigenvalue weighted by molar-refractivity contribution is 0.641. The van der Waals surface area contributed by atoms with Crippen molar-refractivity contribution in [2.24, 2.45) is 0 Å². The van der Waals surface area contributed by atoms with Crippen LogP contribution >= 0.6 is 0 Å². The molecule has 6 nitrogen and oxygen atoms in total. The number of nitrogens with zero attached hydrogens (tertiary/aromatic N) is 6. The Hall–Kier alpha value is -2.50. The van der Waals surface area contributed by atoms with E-state index in [4.69, 9.17) is 0 Å². The number of benzene rings is 1. The van der Waals surface area contributed by atoms with Gasteiger partial charge in [0.1, 0.15) is 6.33 Å². The molecule has 2 aromatic heterocycles. The van der Waals surface area contributed by atoms with Crippen LogP contribution in [-0.4, -0.2) is 31.0 Å². The van der Waals surface area contributed by atoms with Crippen LogP contribution in [0.5, 0.6) is 0 Å². The van der Waals surface area contributed by atoms with E-state index < -0.39 is 0 Å². The van der Waals surface area contributed by atoms with Crippen LogP contribution in [0.4, 0.5) is 5.82 Å². The average molecular weight is 296 g/mol. The van der Waals surface area contributed by atoms with Crippen LogP contribution in [0.3, 0.4) is 0 Å². The molecule has 0 saturated carbocycles. The van der Waals surface area contributed by atoms with Crippen LogP contribution in [0.1, 0.15) is 26.3 Å². The van der Waals surface area contributed by atoms with E-state index in [2.05, 4.69) is 63.3 Å². The monoisotopic (exact) mass is 296 g/mol. The van der Waals surface area contributed by atoms with Gasteiger partial charge >= 0.3 is 0 Å². The maximum absolute atomic E-state index is 4.47. The number of fused-ring (bicyclic) bond motifs is 1. The fourth-order valence-corrected chi connectivity index (χ4v) is 2.49. The molecule has 2 heterocycles. The summed E-state index contributed by atoms with van der Waals surface area (Å²) in [6.07, 6.45) is 1.59. The summed E-state index contributed by atoms with van der Waals surface area (Å²) in [5, 5.41) is 8.44. The molecule has 114 valence electrons. The zero-order chi connectivity index (χ0) is 15.5. The molecule has 0 N–H and O–H groups in total. The predicted molar refractivity (Wildman–Crippen MR) is 86.6 cm³/mol. The van der Waals surface area contributed by atoms with E-state index in [-0.39, 0.29) is 0 Å². The van der Waals surface area contributed by atoms with Gasteiger partial charge in [-0.2, -0.15) is 0 Å².